The van der Waals surface area contributed by atoms with Crippen molar-refractivity contribution in [2.75, 3.05) is 0 Å². The lowest BCUT2D eigenvalue weighted by Crippen LogP contribution is -2.19. The second-order valence-corrected chi connectivity index (χ2v) is 2.20. The Kier molecular flexibility index (Phi) is 4.26. The van der Waals surface area contributed by atoms with Crippen LogP contribution in [0.3, 0.4) is 0 Å². The van der Waals surface area contributed by atoms with Crippen LogP contribution >= 0.6 is 0 Å². The van der Waals surface area contributed by atoms with Crippen molar-refractivity contribution in [3.05, 3.63) is 0 Å². The normalized spacial score (nSPS) is 9.73. The Balaban J connectivity index is 3.89. The number of esters is 1. The van der Waals surface area contributed by atoms with Gasteiger partial charge in [-0.15, -0.1) is 0 Å². The molecule has 0 saturated heterocycles. The largest absolute Gasteiger partial charge is 0.513 e. The summed E-state index contributed by atoms with van der Waals surface area (Å²) in [5.41, 5.74) is 0. The zero-order valence-corrected chi connectivity index (χ0v) is 6.66. The summed E-state index contributed by atoms with van der Waals surface area (Å²) in [5, 5.41) is 8.08. The maximum Gasteiger partial charge on any atom is 0.513 e. The predicted molar refractivity (Wildman–Crippen MR) is 38.2 cm³/mol. The van der Waals surface area contributed by atoms with E-state index in [9.17, 15) is 9.59 Å². The van der Waals surface area contributed by atoms with Gasteiger partial charge >= 0.3 is 12.1 Å². The molecule has 0 aromatic rings. The molecule has 4 nitrogen and oxygen atoms in total. The van der Waals surface area contributed by atoms with Gasteiger partial charge in [0.2, 0.25) is 0 Å². The van der Waals surface area contributed by atoms with E-state index in [0.29, 0.717) is 12.8 Å². The van der Waals surface area contributed by atoms with Gasteiger partial charge in [-0.3, -0.25) is 4.79 Å². The molecule has 1 N–H and O–H groups in total. The lowest BCUT2D eigenvalue weighted by atomic mass is 10.0. The minimum absolute atomic E-state index is 0.286. The van der Waals surface area contributed by atoms with Gasteiger partial charge in [0, 0.05) is 0 Å². The highest BCUT2D eigenvalue weighted by Gasteiger charge is 2.18. The van der Waals surface area contributed by atoms with E-state index in [1.807, 2.05) is 13.8 Å². The van der Waals surface area contributed by atoms with Gasteiger partial charge in [0.25, 0.3) is 0 Å². The first-order valence-electron chi connectivity index (χ1n) is 3.56. The fourth-order valence-electron chi connectivity index (χ4n) is 0.791. The second-order valence-electron chi connectivity index (χ2n) is 2.20. The Labute approximate surface area is 65.2 Å². The van der Waals surface area contributed by atoms with Crippen molar-refractivity contribution in [1.29, 1.82) is 0 Å². The van der Waals surface area contributed by atoms with Crippen molar-refractivity contribution in [2.24, 2.45) is 5.92 Å². The smallest absolute Gasteiger partial charge is 0.449 e. The lowest BCUT2D eigenvalue weighted by Gasteiger charge is -2.07. The van der Waals surface area contributed by atoms with E-state index in [1.165, 1.54) is 0 Å². The molecule has 4 heteroatoms. The molecular formula is C7H12O4. The molecule has 0 unspecified atom stereocenters. The van der Waals surface area contributed by atoms with Gasteiger partial charge in [0.15, 0.2) is 0 Å². The first-order chi connectivity index (χ1) is 5.11. The number of rotatable bonds is 3. The Morgan fingerprint density at radius 1 is 1.36 bits per heavy atom. The SMILES string of the molecule is CCC(CC)C(=O)OC(=O)O. The van der Waals surface area contributed by atoms with Crippen molar-refractivity contribution in [3.63, 3.8) is 0 Å². The molecule has 0 fully saturated rings. The highest BCUT2D eigenvalue weighted by atomic mass is 16.7. The average molecular weight is 160 g/mol. The summed E-state index contributed by atoms with van der Waals surface area (Å²) >= 11 is 0. The third-order valence-electron chi connectivity index (χ3n) is 1.51. The summed E-state index contributed by atoms with van der Waals surface area (Å²) in [4.78, 5) is 20.7. The Hall–Kier alpha value is -1.06. The second kappa shape index (κ2) is 4.71. The molecule has 0 aromatic carbocycles. The molecule has 0 amide bonds. The van der Waals surface area contributed by atoms with Crippen LogP contribution in [0.4, 0.5) is 4.79 Å². The molecule has 0 spiro atoms. The summed E-state index contributed by atoms with van der Waals surface area (Å²) in [6, 6.07) is 0. The minimum atomic E-state index is -1.53. The fraction of sp³-hybridized carbons (Fsp3) is 0.714. The highest BCUT2D eigenvalue weighted by Crippen LogP contribution is 2.09. The molecule has 0 aliphatic heterocycles. The van der Waals surface area contributed by atoms with E-state index in [-0.39, 0.29) is 5.92 Å². The molecule has 0 bridgehead atoms. The van der Waals surface area contributed by atoms with Gasteiger partial charge in [0.05, 0.1) is 5.92 Å². The third-order valence-corrected chi connectivity index (χ3v) is 1.51. The standard InChI is InChI=1S/C7H12O4/c1-3-5(4-2)6(8)11-7(9)10/h5H,3-4H2,1-2H3,(H,9,10). The Morgan fingerprint density at radius 3 is 2.09 bits per heavy atom. The van der Waals surface area contributed by atoms with Crippen molar-refractivity contribution >= 4 is 12.1 Å². The minimum Gasteiger partial charge on any atom is -0.449 e. The predicted octanol–water partition coefficient (Wildman–Crippen LogP) is 1.64. The first kappa shape index (κ1) is 9.94. The number of carbonyl (C=O) groups excluding carboxylic acids is 1. The number of ether oxygens (including phenoxy) is 1. The van der Waals surface area contributed by atoms with Crippen LogP contribution in [-0.4, -0.2) is 17.2 Å². The highest BCUT2D eigenvalue weighted by molar-refractivity contribution is 5.82. The Morgan fingerprint density at radius 2 is 1.82 bits per heavy atom. The van der Waals surface area contributed by atoms with Crippen LogP contribution in [0.2, 0.25) is 0 Å². The topological polar surface area (TPSA) is 63.6 Å². The molecule has 0 rings (SSSR count). The van der Waals surface area contributed by atoms with Crippen molar-refractivity contribution in [1.82, 2.24) is 0 Å². The summed E-state index contributed by atoms with van der Waals surface area (Å²) < 4.78 is 3.97. The third kappa shape index (κ3) is 3.60. The van der Waals surface area contributed by atoms with Crippen LogP contribution in [0.15, 0.2) is 0 Å². The maximum atomic E-state index is 10.8. The van der Waals surface area contributed by atoms with Crippen molar-refractivity contribution in [2.45, 2.75) is 26.7 Å². The van der Waals surface area contributed by atoms with E-state index in [0.717, 1.165) is 0 Å². The van der Waals surface area contributed by atoms with E-state index >= 15 is 0 Å². The quantitative estimate of drug-likeness (QED) is 0.503. The number of carbonyl (C=O) groups is 2. The lowest BCUT2D eigenvalue weighted by molar-refractivity contribution is -0.143. The number of hydrogen-bond donors (Lipinski definition) is 1. The van der Waals surface area contributed by atoms with E-state index in [1.54, 1.807) is 0 Å². The van der Waals surface area contributed by atoms with Gasteiger partial charge in [-0.1, -0.05) is 13.8 Å². The summed E-state index contributed by atoms with van der Waals surface area (Å²) in [5.74, 6) is -0.936. The molecule has 0 aliphatic rings. The molecule has 0 aromatic heterocycles. The van der Waals surface area contributed by atoms with Crippen molar-refractivity contribution < 1.29 is 19.4 Å². The molecule has 64 valence electrons. The average Bonchev–Trinajstić information content (AvgIpc) is 1.88. The van der Waals surface area contributed by atoms with Gasteiger partial charge in [-0.05, 0) is 12.8 Å². The van der Waals surface area contributed by atoms with Crippen LogP contribution in [0.25, 0.3) is 0 Å². The van der Waals surface area contributed by atoms with E-state index in [4.69, 9.17) is 5.11 Å². The zero-order valence-electron chi connectivity index (χ0n) is 6.66. The van der Waals surface area contributed by atoms with Crippen LogP contribution in [-0.2, 0) is 9.53 Å². The van der Waals surface area contributed by atoms with E-state index in [2.05, 4.69) is 4.74 Å². The van der Waals surface area contributed by atoms with Gasteiger partial charge < -0.3 is 9.84 Å². The number of hydrogen-bond acceptors (Lipinski definition) is 3. The summed E-state index contributed by atoms with van der Waals surface area (Å²) in [7, 11) is 0. The number of carboxylic acid groups (broad SMARTS) is 1. The van der Waals surface area contributed by atoms with Crippen molar-refractivity contribution in [3.8, 4) is 0 Å². The maximum absolute atomic E-state index is 10.8. The first-order valence-corrected chi connectivity index (χ1v) is 3.56. The molecule has 0 atom stereocenters. The molecule has 11 heavy (non-hydrogen) atoms. The van der Waals surface area contributed by atoms with Crippen LogP contribution in [0.1, 0.15) is 26.7 Å². The van der Waals surface area contributed by atoms with Gasteiger partial charge in [-0.2, -0.15) is 0 Å². The molecule has 0 saturated carbocycles. The van der Waals surface area contributed by atoms with Crippen LogP contribution in [0, 0.1) is 5.92 Å². The zero-order chi connectivity index (χ0) is 8.85. The molecule has 0 aliphatic carbocycles. The van der Waals surface area contributed by atoms with Gasteiger partial charge in [-0.25, -0.2) is 4.79 Å². The monoisotopic (exact) mass is 160 g/mol. The Bertz CT molecular complexity index is 149. The van der Waals surface area contributed by atoms with Crippen LogP contribution < -0.4 is 0 Å². The fourth-order valence-corrected chi connectivity index (χ4v) is 0.791. The molecular weight excluding hydrogens is 148 g/mol. The van der Waals surface area contributed by atoms with Crippen LogP contribution in [0.5, 0.6) is 0 Å². The molecule has 0 radical (unpaired) electrons. The van der Waals surface area contributed by atoms with Gasteiger partial charge in [0.1, 0.15) is 0 Å². The summed E-state index contributed by atoms with van der Waals surface area (Å²) in [6.07, 6.45) is -0.299. The molecule has 0 heterocycles. The van der Waals surface area contributed by atoms with E-state index < -0.39 is 12.1 Å². The summed E-state index contributed by atoms with van der Waals surface area (Å²) in [6.45, 7) is 3.63.